The molecule has 8 heteroatoms. The van der Waals surface area contributed by atoms with Gasteiger partial charge in [-0.15, -0.1) is 0 Å². The minimum Gasteiger partial charge on any atom is -0.422 e. The van der Waals surface area contributed by atoms with Crippen LogP contribution >= 0.6 is 0 Å². The first kappa shape index (κ1) is 15.7. The first-order valence-electron chi connectivity index (χ1n) is 9.33. The average molecular weight is 354 g/mol. The Bertz CT molecular complexity index is 944. The van der Waals surface area contributed by atoms with E-state index in [1.165, 1.54) is 6.33 Å². The molecule has 136 valence electrons. The molecule has 0 amide bonds. The highest BCUT2D eigenvalue weighted by Gasteiger charge is 2.33. The molecule has 1 saturated carbocycles. The summed E-state index contributed by atoms with van der Waals surface area (Å²) in [7, 11) is 0. The van der Waals surface area contributed by atoms with E-state index in [-0.39, 0.29) is 0 Å². The first-order valence-corrected chi connectivity index (χ1v) is 9.33. The van der Waals surface area contributed by atoms with Crippen molar-refractivity contribution in [1.29, 1.82) is 0 Å². The third-order valence-electron chi connectivity index (χ3n) is 5.23. The van der Waals surface area contributed by atoms with Crippen LogP contribution in [0, 0.1) is 5.92 Å². The number of aromatic nitrogens is 5. The molecule has 0 unspecified atom stereocenters. The predicted molar refractivity (Wildman–Crippen MR) is 94.6 cm³/mol. The molecule has 0 spiro atoms. The second kappa shape index (κ2) is 6.05. The maximum absolute atomic E-state index is 10.4. The fourth-order valence-electron chi connectivity index (χ4n) is 3.63. The van der Waals surface area contributed by atoms with Crippen molar-refractivity contribution in [2.45, 2.75) is 51.8 Å². The fraction of sp³-hybridized carbons (Fsp3) is 0.556. The highest BCUT2D eigenvalue weighted by Crippen LogP contribution is 2.40. The monoisotopic (exact) mass is 354 g/mol. The number of aliphatic hydroxyl groups is 1. The van der Waals surface area contributed by atoms with Crippen LogP contribution in [0.2, 0.25) is 0 Å². The van der Waals surface area contributed by atoms with Gasteiger partial charge in [0, 0.05) is 19.5 Å². The van der Waals surface area contributed by atoms with Gasteiger partial charge in [0.25, 0.3) is 5.71 Å². The van der Waals surface area contributed by atoms with Crippen molar-refractivity contribution < 1.29 is 9.52 Å². The average Bonchev–Trinajstić information content (AvgIpc) is 3.35. The normalized spacial score (nSPS) is 18.8. The minimum absolute atomic E-state index is 0.384. The number of aliphatic hydroxyl groups excluding tert-OH is 1. The quantitative estimate of drug-likeness (QED) is 0.768. The molecule has 3 aromatic rings. The highest BCUT2D eigenvalue weighted by molar-refractivity contribution is 5.81. The summed E-state index contributed by atoms with van der Waals surface area (Å²) in [5, 5.41) is 15.1. The van der Waals surface area contributed by atoms with E-state index >= 15 is 0 Å². The zero-order valence-electron chi connectivity index (χ0n) is 14.8. The summed E-state index contributed by atoms with van der Waals surface area (Å²) in [5.41, 5.74) is 3.15. The van der Waals surface area contributed by atoms with Crippen molar-refractivity contribution in [3.8, 4) is 0 Å². The van der Waals surface area contributed by atoms with Crippen molar-refractivity contribution in [3.63, 3.8) is 0 Å². The number of rotatable bonds is 4. The lowest BCUT2D eigenvalue weighted by molar-refractivity contribution is 0.148. The van der Waals surface area contributed by atoms with Gasteiger partial charge in [-0.2, -0.15) is 10.1 Å². The van der Waals surface area contributed by atoms with Crippen LogP contribution in [0.4, 0.5) is 5.82 Å². The summed E-state index contributed by atoms with van der Waals surface area (Å²) in [6.45, 7) is 4.40. The molecule has 1 atom stereocenters. The Morgan fingerprint density at radius 1 is 1.31 bits per heavy atom. The van der Waals surface area contributed by atoms with E-state index < -0.39 is 6.10 Å². The standard InChI is InChI=1S/C18H22N6O2/c1-2-14-21-15-17(19-10-20-18(15)26-14)23-6-3-7-24-12(9-23)8-13(22-24)16(25)11-4-5-11/h8,10-11,16,25H,2-7,9H2,1H3/t16-/m1/s1. The number of fused-ring (bicyclic) bond motifs is 2. The van der Waals surface area contributed by atoms with Crippen LogP contribution in [0.5, 0.6) is 0 Å². The third-order valence-corrected chi connectivity index (χ3v) is 5.23. The minimum atomic E-state index is -0.434. The lowest BCUT2D eigenvalue weighted by atomic mass is 10.1. The van der Waals surface area contributed by atoms with Gasteiger partial charge in [-0.1, -0.05) is 6.92 Å². The predicted octanol–water partition coefficient (Wildman–Crippen LogP) is 2.23. The topological polar surface area (TPSA) is 93.1 Å². The number of anilines is 1. The molecule has 0 bridgehead atoms. The van der Waals surface area contributed by atoms with E-state index in [0.717, 1.165) is 61.5 Å². The summed E-state index contributed by atoms with van der Waals surface area (Å²) < 4.78 is 7.71. The van der Waals surface area contributed by atoms with Gasteiger partial charge in [-0.05, 0) is 31.2 Å². The molecule has 0 saturated heterocycles. The molecule has 1 aliphatic carbocycles. The SMILES string of the molecule is CCc1nc2c(N3CCCn4nc([C@H](O)C5CC5)cc4C3)ncnc2o1. The van der Waals surface area contributed by atoms with Gasteiger partial charge in [0.15, 0.2) is 17.2 Å². The number of oxazole rings is 1. The van der Waals surface area contributed by atoms with E-state index in [9.17, 15) is 5.11 Å². The summed E-state index contributed by atoms with van der Waals surface area (Å²) in [5.74, 6) is 1.86. The van der Waals surface area contributed by atoms with E-state index in [2.05, 4.69) is 25.0 Å². The number of hydrogen-bond donors (Lipinski definition) is 1. The summed E-state index contributed by atoms with van der Waals surface area (Å²) >= 11 is 0. The number of aryl methyl sites for hydroxylation is 2. The Labute approximate surface area is 150 Å². The number of hydrogen-bond acceptors (Lipinski definition) is 7. The van der Waals surface area contributed by atoms with Crippen LogP contribution in [0.3, 0.4) is 0 Å². The van der Waals surface area contributed by atoms with Crippen LogP contribution < -0.4 is 4.90 Å². The van der Waals surface area contributed by atoms with E-state index in [0.29, 0.717) is 24.1 Å². The molecule has 0 radical (unpaired) electrons. The van der Waals surface area contributed by atoms with Crippen LogP contribution in [0.25, 0.3) is 11.2 Å². The van der Waals surface area contributed by atoms with Crippen LogP contribution in [-0.2, 0) is 19.5 Å². The van der Waals surface area contributed by atoms with E-state index in [4.69, 9.17) is 4.42 Å². The van der Waals surface area contributed by atoms with Gasteiger partial charge in [0.2, 0.25) is 0 Å². The van der Waals surface area contributed by atoms with Gasteiger partial charge in [0.1, 0.15) is 12.4 Å². The molecule has 5 rings (SSSR count). The van der Waals surface area contributed by atoms with Gasteiger partial charge in [0.05, 0.1) is 17.9 Å². The molecule has 1 fully saturated rings. The summed E-state index contributed by atoms with van der Waals surface area (Å²) in [6.07, 6.45) is 4.98. The molecular weight excluding hydrogens is 332 g/mol. The molecule has 1 N–H and O–H groups in total. The Morgan fingerprint density at radius 2 is 2.19 bits per heavy atom. The van der Waals surface area contributed by atoms with Crippen LogP contribution in [-0.4, -0.2) is 36.4 Å². The van der Waals surface area contributed by atoms with Crippen molar-refractivity contribution in [3.05, 3.63) is 29.7 Å². The summed E-state index contributed by atoms with van der Waals surface area (Å²) in [4.78, 5) is 15.5. The maximum atomic E-state index is 10.4. The van der Waals surface area contributed by atoms with Gasteiger partial charge >= 0.3 is 0 Å². The van der Waals surface area contributed by atoms with Crippen molar-refractivity contribution in [2.75, 3.05) is 11.4 Å². The first-order chi connectivity index (χ1) is 12.7. The maximum Gasteiger partial charge on any atom is 0.252 e. The van der Waals surface area contributed by atoms with Gasteiger partial charge < -0.3 is 14.4 Å². The second-order valence-electron chi connectivity index (χ2n) is 7.15. The smallest absolute Gasteiger partial charge is 0.252 e. The lowest BCUT2D eigenvalue weighted by Gasteiger charge is -2.20. The lowest BCUT2D eigenvalue weighted by Crippen LogP contribution is -2.24. The molecule has 8 nitrogen and oxygen atoms in total. The van der Waals surface area contributed by atoms with Crippen LogP contribution in [0.15, 0.2) is 16.8 Å². The fourth-order valence-corrected chi connectivity index (χ4v) is 3.63. The van der Waals surface area contributed by atoms with Gasteiger partial charge in [-0.25, -0.2) is 9.97 Å². The molecule has 2 aliphatic rings. The second-order valence-corrected chi connectivity index (χ2v) is 7.15. The molecule has 1 aliphatic heterocycles. The molecule has 4 heterocycles. The van der Waals surface area contributed by atoms with E-state index in [1.54, 1.807) is 0 Å². The Kier molecular flexibility index (Phi) is 3.66. The summed E-state index contributed by atoms with van der Waals surface area (Å²) in [6, 6.07) is 2.04. The third kappa shape index (κ3) is 2.65. The Hall–Kier alpha value is -2.48. The highest BCUT2D eigenvalue weighted by atomic mass is 16.4. The zero-order valence-corrected chi connectivity index (χ0v) is 14.8. The van der Waals surface area contributed by atoms with Crippen molar-refractivity contribution in [1.82, 2.24) is 24.7 Å². The van der Waals surface area contributed by atoms with Gasteiger partial charge in [-0.3, -0.25) is 4.68 Å². The zero-order chi connectivity index (χ0) is 17.7. The Balaban J connectivity index is 1.48. The largest absolute Gasteiger partial charge is 0.422 e. The molecule has 0 aromatic carbocycles. The van der Waals surface area contributed by atoms with Crippen molar-refractivity contribution in [2.24, 2.45) is 5.92 Å². The van der Waals surface area contributed by atoms with Crippen LogP contribution in [0.1, 0.15) is 49.6 Å². The molecular formula is C18H22N6O2. The van der Waals surface area contributed by atoms with E-state index in [1.807, 2.05) is 17.7 Å². The number of nitrogens with zero attached hydrogens (tertiary/aromatic N) is 6. The molecule has 26 heavy (non-hydrogen) atoms. The molecule has 3 aromatic heterocycles. The Morgan fingerprint density at radius 3 is 3.00 bits per heavy atom. The van der Waals surface area contributed by atoms with Crippen molar-refractivity contribution >= 4 is 17.0 Å².